The average Bonchev–Trinajstić information content (AvgIpc) is 3.29. The molecule has 0 amide bonds. The van der Waals surface area contributed by atoms with Crippen molar-refractivity contribution in [1.29, 1.82) is 0 Å². The van der Waals surface area contributed by atoms with Crippen molar-refractivity contribution in [3.05, 3.63) is 73.1 Å². The van der Waals surface area contributed by atoms with Crippen molar-refractivity contribution in [1.82, 2.24) is 9.55 Å². The van der Waals surface area contributed by atoms with Crippen LogP contribution in [0.25, 0.3) is 28.2 Å². The van der Waals surface area contributed by atoms with Crippen molar-refractivity contribution >= 4 is 5.69 Å². The third-order valence-corrected chi connectivity index (χ3v) is 5.40. The van der Waals surface area contributed by atoms with Gasteiger partial charge in [0.15, 0.2) is 0 Å². The van der Waals surface area contributed by atoms with Gasteiger partial charge in [-0.3, -0.25) is 4.57 Å². The fourth-order valence-electron chi connectivity index (χ4n) is 3.64. The fourth-order valence-corrected chi connectivity index (χ4v) is 3.64. The third kappa shape index (κ3) is 4.12. The van der Waals surface area contributed by atoms with Crippen LogP contribution in [0.1, 0.15) is 0 Å². The van der Waals surface area contributed by atoms with Gasteiger partial charge in [0.05, 0.1) is 32.7 Å². The summed E-state index contributed by atoms with van der Waals surface area (Å²) in [6.07, 6.45) is 1.85. The molecule has 0 aliphatic rings. The average molecular weight is 430 g/mol. The Balaban J connectivity index is 1.92. The van der Waals surface area contributed by atoms with Crippen molar-refractivity contribution in [2.45, 2.75) is 0 Å². The predicted octanol–water partition coefficient (Wildman–Crippen LogP) is 5.30. The minimum atomic E-state index is 0.715. The Kier molecular flexibility index (Phi) is 6.03. The first kappa shape index (κ1) is 21.3. The standard InChI is InChI=1S/C26H27N3O3/c1-28(2)20-8-6-18(7-9-20)26-25(19-14-23(31-4)16-24(15-19)32-5)27-17-29(26)21-10-12-22(30-3)13-11-21/h6-17H,1-5H3. The molecule has 1 aromatic heterocycles. The van der Waals surface area contributed by atoms with Gasteiger partial charge in [-0.15, -0.1) is 0 Å². The highest BCUT2D eigenvalue weighted by Gasteiger charge is 2.18. The molecule has 1 heterocycles. The van der Waals surface area contributed by atoms with Crippen molar-refractivity contribution in [3.63, 3.8) is 0 Å². The third-order valence-electron chi connectivity index (χ3n) is 5.40. The summed E-state index contributed by atoms with van der Waals surface area (Å²) in [4.78, 5) is 6.88. The van der Waals surface area contributed by atoms with E-state index in [0.29, 0.717) is 11.5 Å². The normalized spacial score (nSPS) is 10.7. The number of benzene rings is 3. The zero-order valence-electron chi connectivity index (χ0n) is 19.0. The quantitative estimate of drug-likeness (QED) is 0.399. The largest absolute Gasteiger partial charge is 0.497 e. The van der Waals surface area contributed by atoms with Gasteiger partial charge in [0.25, 0.3) is 0 Å². The molecule has 6 heteroatoms. The number of aromatic nitrogens is 2. The predicted molar refractivity (Wildman–Crippen MR) is 128 cm³/mol. The highest BCUT2D eigenvalue weighted by atomic mass is 16.5. The summed E-state index contributed by atoms with van der Waals surface area (Å²) in [7, 11) is 9.03. The Labute approximate surface area is 188 Å². The van der Waals surface area contributed by atoms with Crippen LogP contribution in [0.15, 0.2) is 73.1 Å². The summed E-state index contributed by atoms with van der Waals surface area (Å²) < 4.78 is 18.4. The first-order valence-electron chi connectivity index (χ1n) is 10.3. The molecule has 0 saturated carbocycles. The maximum absolute atomic E-state index is 5.49. The molecule has 164 valence electrons. The monoisotopic (exact) mass is 429 g/mol. The molecular formula is C26H27N3O3. The highest BCUT2D eigenvalue weighted by molar-refractivity contribution is 5.81. The zero-order chi connectivity index (χ0) is 22.7. The first-order valence-corrected chi connectivity index (χ1v) is 10.3. The summed E-state index contributed by atoms with van der Waals surface area (Å²) in [5.41, 5.74) is 5.92. The van der Waals surface area contributed by atoms with Crippen LogP contribution in [-0.2, 0) is 0 Å². The van der Waals surface area contributed by atoms with Crippen LogP contribution >= 0.6 is 0 Å². The molecule has 32 heavy (non-hydrogen) atoms. The molecule has 0 aliphatic carbocycles. The van der Waals surface area contributed by atoms with E-state index >= 15 is 0 Å². The number of hydrogen-bond donors (Lipinski definition) is 0. The number of methoxy groups -OCH3 is 3. The fraction of sp³-hybridized carbons (Fsp3) is 0.192. The second-order valence-electron chi connectivity index (χ2n) is 7.55. The van der Waals surface area contributed by atoms with E-state index in [0.717, 1.165) is 39.6 Å². The topological polar surface area (TPSA) is 48.8 Å². The van der Waals surface area contributed by atoms with Gasteiger partial charge in [-0.2, -0.15) is 0 Å². The summed E-state index contributed by atoms with van der Waals surface area (Å²) in [5, 5.41) is 0. The maximum atomic E-state index is 5.49. The Bertz CT molecular complexity index is 1170. The highest BCUT2D eigenvalue weighted by Crippen LogP contribution is 2.37. The van der Waals surface area contributed by atoms with E-state index in [1.54, 1.807) is 21.3 Å². The Morgan fingerprint density at radius 2 is 1.28 bits per heavy atom. The first-order chi connectivity index (χ1) is 15.5. The van der Waals surface area contributed by atoms with Crippen LogP contribution in [0, 0.1) is 0 Å². The van der Waals surface area contributed by atoms with Crippen molar-refractivity contribution in [3.8, 4) is 45.5 Å². The van der Waals surface area contributed by atoms with E-state index in [-0.39, 0.29) is 0 Å². The van der Waals surface area contributed by atoms with E-state index in [9.17, 15) is 0 Å². The smallest absolute Gasteiger partial charge is 0.123 e. The molecular weight excluding hydrogens is 402 g/mol. The number of rotatable bonds is 7. The Morgan fingerprint density at radius 3 is 1.81 bits per heavy atom. The number of anilines is 1. The van der Waals surface area contributed by atoms with Gasteiger partial charge < -0.3 is 19.1 Å². The zero-order valence-corrected chi connectivity index (χ0v) is 19.0. The molecule has 0 radical (unpaired) electrons. The van der Waals surface area contributed by atoms with Crippen LogP contribution in [0.3, 0.4) is 0 Å². The van der Waals surface area contributed by atoms with E-state index < -0.39 is 0 Å². The molecule has 0 aliphatic heterocycles. The molecule has 0 unspecified atom stereocenters. The van der Waals surface area contributed by atoms with E-state index in [1.165, 1.54) is 0 Å². The van der Waals surface area contributed by atoms with Crippen LogP contribution in [0.5, 0.6) is 17.2 Å². The molecule has 4 rings (SSSR count). The second-order valence-corrected chi connectivity index (χ2v) is 7.55. The summed E-state index contributed by atoms with van der Waals surface area (Å²) in [6, 6.07) is 22.2. The van der Waals surface area contributed by atoms with Gasteiger partial charge in [0, 0.05) is 42.7 Å². The van der Waals surface area contributed by atoms with Crippen LogP contribution in [0.2, 0.25) is 0 Å². The van der Waals surface area contributed by atoms with Gasteiger partial charge >= 0.3 is 0 Å². The van der Waals surface area contributed by atoms with Crippen molar-refractivity contribution in [2.75, 3.05) is 40.3 Å². The molecule has 0 spiro atoms. The number of imidazole rings is 1. The lowest BCUT2D eigenvalue weighted by atomic mass is 10.0. The van der Waals surface area contributed by atoms with Gasteiger partial charge in [0.1, 0.15) is 23.6 Å². The summed E-state index contributed by atoms with van der Waals surface area (Å²) in [5.74, 6) is 2.24. The lowest BCUT2D eigenvalue weighted by molar-refractivity contribution is 0.394. The molecule has 0 N–H and O–H groups in total. The number of ether oxygens (including phenoxy) is 3. The Hall–Kier alpha value is -3.93. The minimum Gasteiger partial charge on any atom is -0.497 e. The van der Waals surface area contributed by atoms with Crippen molar-refractivity contribution in [2.24, 2.45) is 0 Å². The molecule has 0 fully saturated rings. The van der Waals surface area contributed by atoms with E-state index in [4.69, 9.17) is 19.2 Å². The second kappa shape index (κ2) is 9.06. The number of nitrogens with zero attached hydrogens (tertiary/aromatic N) is 3. The SMILES string of the molecule is COc1ccc(-n2cnc(-c3cc(OC)cc(OC)c3)c2-c2ccc(N(C)C)cc2)cc1. The van der Waals surface area contributed by atoms with Gasteiger partial charge in [-0.1, -0.05) is 12.1 Å². The summed E-state index contributed by atoms with van der Waals surface area (Å²) >= 11 is 0. The van der Waals surface area contributed by atoms with Gasteiger partial charge in [0.2, 0.25) is 0 Å². The molecule has 0 bridgehead atoms. The Morgan fingerprint density at radius 1 is 0.688 bits per heavy atom. The lowest BCUT2D eigenvalue weighted by Gasteiger charge is -2.15. The van der Waals surface area contributed by atoms with E-state index in [2.05, 4.69) is 33.7 Å². The van der Waals surface area contributed by atoms with Gasteiger partial charge in [-0.25, -0.2) is 4.98 Å². The van der Waals surface area contributed by atoms with Crippen LogP contribution in [-0.4, -0.2) is 45.0 Å². The van der Waals surface area contributed by atoms with Gasteiger partial charge in [-0.05, 0) is 48.5 Å². The van der Waals surface area contributed by atoms with Crippen molar-refractivity contribution < 1.29 is 14.2 Å². The van der Waals surface area contributed by atoms with Crippen LogP contribution in [0.4, 0.5) is 5.69 Å². The minimum absolute atomic E-state index is 0.715. The number of hydrogen-bond acceptors (Lipinski definition) is 5. The lowest BCUT2D eigenvalue weighted by Crippen LogP contribution is -2.08. The molecule has 0 atom stereocenters. The molecule has 4 aromatic rings. The molecule has 6 nitrogen and oxygen atoms in total. The molecule has 3 aromatic carbocycles. The molecule has 0 saturated heterocycles. The maximum Gasteiger partial charge on any atom is 0.123 e. The van der Waals surface area contributed by atoms with E-state index in [1.807, 2.05) is 62.9 Å². The summed E-state index contributed by atoms with van der Waals surface area (Å²) in [6.45, 7) is 0. The van der Waals surface area contributed by atoms with Crippen LogP contribution < -0.4 is 19.1 Å².